The van der Waals surface area contributed by atoms with Crippen LogP contribution in [0, 0.1) is 0 Å². The van der Waals surface area contributed by atoms with Crippen molar-refractivity contribution in [3.63, 3.8) is 0 Å². The molecule has 5 rings (SSSR count). The van der Waals surface area contributed by atoms with Crippen LogP contribution in [0.15, 0.2) is 59.5 Å². The molecule has 0 aliphatic carbocycles. The van der Waals surface area contributed by atoms with E-state index in [2.05, 4.69) is 15.2 Å². The van der Waals surface area contributed by atoms with Gasteiger partial charge in [0.25, 0.3) is 11.5 Å². The van der Waals surface area contributed by atoms with Crippen molar-refractivity contribution in [3.8, 4) is 0 Å². The molecule has 0 radical (unpaired) electrons. The molecule has 6 heteroatoms. The van der Waals surface area contributed by atoms with Crippen molar-refractivity contribution in [1.82, 2.24) is 19.6 Å². The topological polar surface area (TPSA) is 66.7 Å². The molecule has 0 spiro atoms. The standard InChI is InChI=1S/C23H22N4O2/c28-22(24-11-15-26-12-3-4-13-26)18-8-5-14-27-21(18)25-19-10-9-16-6-1-2-7-17(16)20(19)23(27)29/h1-2,5-10,14H,3-4,11-13,15H2,(H,24,28). The van der Waals surface area contributed by atoms with Crippen molar-refractivity contribution in [3.05, 3.63) is 70.6 Å². The Labute approximate surface area is 167 Å². The van der Waals surface area contributed by atoms with E-state index < -0.39 is 0 Å². The Balaban J connectivity index is 1.55. The summed E-state index contributed by atoms with van der Waals surface area (Å²) in [5.41, 5.74) is 1.25. The molecule has 3 heterocycles. The van der Waals surface area contributed by atoms with Crippen LogP contribution >= 0.6 is 0 Å². The molecule has 1 N–H and O–H groups in total. The van der Waals surface area contributed by atoms with Gasteiger partial charge in [0, 0.05) is 19.3 Å². The Morgan fingerprint density at radius 1 is 1.03 bits per heavy atom. The monoisotopic (exact) mass is 386 g/mol. The number of fused-ring (bicyclic) bond motifs is 4. The largest absolute Gasteiger partial charge is 0.351 e. The van der Waals surface area contributed by atoms with E-state index in [4.69, 9.17) is 0 Å². The predicted octanol–water partition coefficient (Wildman–Crippen LogP) is 2.83. The van der Waals surface area contributed by atoms with Crippen LogP contribution in [0.2, 0.25) is 0 Å². The lowest BCUT2D eigenvalue weighted by molar-refractivity contribution is 0.0951. The van der Waals surface area contributed by atoms with Crippen LogP contribution in [0.1, 0.15) is 23.2 Å². The lowest BCUT2D eigenvalue weighted by Gasteiger charge is -2.15. The Hall–Kier alpha value is -3.25. The summed E-state index contributed by atoms with van der Waals surface area (Å²) < 4.78 is 1.48. The number of nitrogens with one attached hydrogen (secondary N) is 1. The van der Waals surface area contributed by atoms with Crippen molar-refractivity contribution in [2.75, 3.05) is 26.2 Å². The predicted molar refractivity (Wildman–Crippen MR) is 114 cm³/mol. The van der Waals surface area contributed by atoms with Gasteiger partial charge >= 0.3 is 0 Å². The number of hydrogen-bond acceptors (Lipinski definition) is 4. The van der Waals surface area contributed by atoms with Gasteiger partial charge in [0.05, 0.1) is 16.5 Å². The summed E-state index contributed by atoms with van der Waals surface area (Å²) in [6.07, 6.45) is 4.13. The van der Waals surface area contributed by atoms with Gasteiger partial charge in [-0.15, -0.1) is 0 Å². The number of rotatable bonds is 4. The van der Waals surface area contributed by atoms with E-state index in [0.717, 1.165) is 30.4 Å². The van der Waals surface area contributed by atoms with Gasteiger partial charge in [0.2, 0.25) is 0 Å². The molecule has 0 bridgehead atoms. The van der Waals surface area contributed by atoms with Crippen LogP contribution < -0.4 is 10.9 Å². The third kappa shape index (κ3) is 3.15. The first-order valence-corrected chi connectivity index (χ1v) is 10.1. The quantitative estimate of drug-likeness (QED) is 0.433. The second-order valence-corrected chi connectivity index (χ2v) is 7.52. The molecule has 1 aliphatic rings. The highest BCUT2D eigenvalue weighted by Gasteiger charge is 2.16. The van der Waals surface area contributed by atoms with E-state index in [-0.39, 0.29) is 11.5 Å². The minimum absolute atomic E-state index is 0.159. The molecule has 1 amide bonds. The highest BCUT2D eigenvalue weighted by Crippen LogP contribution is 2.22. The smallest absolute Gasteiger partial charge is 0.266 e. The van der Waals surface area contributed by atoms with Crippen LogP contribution in [-0.2, 0) is 0 Å². The highest BCUT2D eigenvalue weighted by atomic mass is 16.2. The molecule has 0 unspecified atom stereocenters. The molecule has 1 aliphatic heterocycles. The summed E-state index contributed by atoms with van der Waals surface area (Å²) in [7, 11) is 0. The van der Waals surface area contributed by atoms with Crippen LogP contribution in [0.25, 0.3) is 27.3 Å². The van der Waals surface area contributed by atoms with Gasteiger partial charge in [-0.3, -0.25) is 14.0 Å². The van der Waals surface area contributed by atoms with Gasteiger partial charge in [0.1, 0.15) is 0 Å². The van der Waals surface area contributed by atoms with Crippen LogP contribution in [0.3, 0.4) is 0 Å². The fourth-order valence-corrected chi connectivity index (χ4v) is 4.20. The second-order valence-electron chi connectivity index (χ2n) is 7.52. The molecule has 0 saturated carbocycles. The summed E-state index contributed by atoms with van der Waals surface area (Å²) in [5, 5.41) is 5.42. The van der Waals surface area contributed by atoms with E-state index in [9.17, 15) is 9.59 Å². The average molecular weight is 386 g/mol. The van der Waals surface area contributed by atoms with Crippen LogP contribution in [-0.4, -0.2) is 46.4 Å². The molecule has 6 nitrogen and oxygen atoms in total. The molecule has 2 aromatic carbocycles. The van der Waals surface area contributed by atoms with Gasteiger partial charge in [-0.05, 0) is 54.9 Å². The molecule has 1 fully saturated rings. The maximum Gasteiger partial charge on any atom is 0.266 e. The first-order valence-electron chi connectivity index (χ1n) is 10.1. The van der Waals surface area contributed by atoms with Crippen molar-refractivity contribution in [1.29, 1.82) is 0 Å². The Bertz CT molecular complexity index is 1290. The normalized spacial score (nSPS) is 14.8. The van der Waals surface area contributed by atoms with Crippen molar-refractivity contribution >= 4 is 33.2 Å². The molecular formula is C23H22N4O2. The Morgan fingerprint density at radius 3 is 2.72 bits per heavy atom. The van der Waals surface area contributed by atoms with Crippen molar-refractivity contribution in [2.24, 2.45) is 0 Å². The first-order chi connectivity index (χ1) is 14.2. The maximum absolute atomic E-state index is 13.2. The third-order valence-electron chi connectivity index (χ3n) is 5.69. The number of likely N-dealkylation sites (tertiary alicyclic amines) is 1. The summed E-state index contributed by atoms with van der Waals surface area (Å²) >= 11 is 0. The second kappa shape index (κ2) is 7.29. The molecular weight excluding hydrogens is 364 g/mol. The summed E-state index contributed by atoms with van der Waals surface area (Å²) in [5.74, 6) is -0.200. The third-order valence-corrected chi connectivity index (χ3v) is 5.69. The molecule has 4 aromatic rings. The van der Waals surface area contributed by atoms with E-state index in [1.807, 2.05) is 36.4 Å². The number of benzene rings is 2. The zero-order valence-electron chi connectivity index (χ0n) is 16.1. The highest BCUT2D eigenvalue weighted by molar-refractivity contribution is 6.07. The lowest BCUT2D eigenvalue weighted by atomic mass is 10.1. The number of nitrogens with zero attached hydrogens (tertiary/aromatic N) is 3. The number of carbonyl (C=O) groups is 1. The first kappa shape index (κ1) is 17.8. The zero-order valence-corrected chi connectivity index (χ0v) is 16.1. The van der Waals surface area contributed by atoms with Crippen LogP contribution in [0.4, 0.5) is 0 Å². The molecule has 29 heavy (non-hydrogen) atoms. The number of amides is 1. The van der Waals surface area contributed by atoms with Gasteiger partial charge in [0.15, 0.2) is 5.65 Å². The Kier molecular flexibility index (Phi) is 4.48. The van der Waals surface area contributed by atoms with Crippen LogP contribution in [0.5, 0.6) is 0 Å². The zero-order chi connectivity index (χ0) is 19.8. The van der Waals surface area contributed by atoms with Gasteiger partial charge in [-0.1, -0.05) is 30.3 Å². The van der Waals surface area contributed by atoms with E-state index in [1.165, 1.54) is 17.2 Å². The van der Waals surface area contributed by atoms with Gasteiger partial charge in [-0.2, -0.15) is 0 Å². The van der Waals surface area contributed by atoms with Gasteiger partial charge in [-0.25, -0.2) is 4.98 Å². The van der Waals surface area contributed by atoms with Crippen molar-refractivity contribution < 1.29 is 4.79 Å². The number of pyridine rings is 1. The summed E-state index contributed by atoms with van der Waals surface area (Å²) in [6, 6.07) is 15.0. The minimum Gasteiger partial charge on any atom is -0.351 e. The molecule has 0 atom stereocenters. The summed E-state index contributed by atoms with van der Waals surface area (Å²) in [4.78, 5) is 33.1. The fraction of sp³-hybridized carbons (Fsp3) is 0.261. The molecule has 2 aromatic heterocycles. The maximum atomic E-state index is 13.2. The molecule has 1 saturated heterocycles. The number of aromatic nitrogens is 2. The minimum atomic E-state index is -0.200. The Morgan fingerprint density at radius 2 is 1.86 bits per heavy atom. The van der Waals surface area contributed by atoms with Crippen molar-refractivity contribution in [2.45, 2.75) is 12.8 Å². The number of carbonyl (C=O) groups excluding carboxylic acids is 1. The van der Waals surface area contributed by atoms with E-state index in [0.29, 0.717) is 28.7 Å². The van der Waals surface area contributed by atoms with E-state index >= 15 is 0 Å². The number of hydrogen-bond donors (Lipinski definition) is 1. The SMILES string of the molecule is O=C(NCCN1CCCC1)c1cccn2c(=O)c3c(ccc4ccccc43)nc12. The lowest BCUT2D eigenvalue weighted by Crippen LogP contribution is -2.34. The summed E-state index contributed by atoms with van der Waals surface area (Å²) in [6.45, 7) is 3.63. The fourth-order valence-electron chi connectivity index (χ4n) is 4.20. The average Bonchev–Trinajstić information content (AvgIpc) is 3.26. The van der Waals surface area contributed by atoms with E-state index in [1.54, 1.807) is 18.3 Å². The van der Waals surface area contributed by atoms with Gasteiger partial charge < -0.3 is 10.2 Å². The molecule has 146 valence electrons.